The maximum absolute atomic E-state index is 14.1. The van der Waals surface area contributed by atoms with Crippen LogP contribution in [-0.4, -0.2) is 19.0 Å². The summed E-state index contributed by atoms with van der Waals surface area (Å²) in [7, 11) is 0. The number of halogens is 2. The van der Waals surface area contributed by atoms with Crippen LogP contribution in [0.3, 0.4) is 0 Å². The van der Waals surface area contributed by atoms with Crippen LogP contribution in [0.4, 0.5) is 14.5 Å². The Morgan fingerprint density at radius 3 is 2.75 bits per heavy atom. The summed E-state index contributed by atoms with van der Waals surface area (Å²) in [5, 5.41) is 2.93. The second-order valence-corrected chi connectivity index (χ2v) is 6.12. The Hall–Kier alpha value is -2.43. The molecule has 0 aromatic heterocycles. The van der Waals surface area contributed by atoms with E-state index in [1.807, 2.05) is 37.3 Å². The van der Waals surface area contributed by atoms with Gasteiger partial charge in [-0.25, -0.2) is 8.78 Å². The molecule has 0 saturated heterocycles. The van der Waals surface area contributed by atoms with Crippen LogP contribution in [0, 0.1) is 11.6 Å². The molecule has 1 amide bonds. The number of aryl methyl sites for hydroxylation is 1. The number of benzene rings is 2. The summed E-state index contributed by atoms with van der Waals surface area (Å²) in [6.45, 7) is 2.56. The third kappa shape index (κ3) is 3.55. The molecule has 0 spiro atoms. The highest BCUT2D eigenvalue weighted by molar-refractivity contribution is 5.82. The molecule has 24 heavy (non-hydrogen) atoms. The van der Waals surface area contributed by atoms with Crippen molar-refractivity contribution < 1.29 is 13.6 Å². The van der Waals surface area contributed by atoms with Crippen LogP contribution in [0.15, 0.2) is 42.5 Å². The quantitative estimate of drug-likeness (QED) is 0.929. The zero-order valence-corrected chi connectivity index (χ0v) is 13.6. The Bertz CT molecular complexity index is 734. The summed E-state index contributed by atoms with van der Waals surface area (Å²) in [4.78, 5) is 14.0. The Labute approximate surface area is 140 Å². The number of nitrogens with zero attached hydrogens (tertiary/aromatic N) is 1. The molecule has 0 bridgehead atoms. The highest BCUT2D eigenvalue weighted by Gasteiger charge is 2.24. The van der Waals surface area contributed by atoms with Gasteiger partial charge in [0.25, 0.3) is 0 Å². The fourth-order valence-electron chi connectivity index (χ4n) is 3.18. The molecule has 2 aromatic carbocycles. The van der Waals surface area contributed by atoms with Crippen molar-refractivity contribution >= 4 is 11.6 Å². The first-order valence-electron chi connectivity index (χ1n) is 8.12. The monoisotopic (exact) mass is 330 g/mol. The molecular weight excluding hydrogens is 310 g/mol. The van der Waals surface area contributed by atoms with Crippen molar-refractivity contribution in [3.05, 3.63) is 65.2 Å². The number of fused-ring (bicyclic) bond motifs is 1. The normalized spacial score (nSPS) is 14.9. The maximum Gasteiger partial charge on any atom is 0.239 e. The Balaban J connectivity index is 1.70. The molecule has 2 aromatic rings. The number of hydrogen-bond acceptors (Lipinski definition) is 2. The van der Waals surface area contributed by atoms with E-state index in [1.54, 1.807) is 4.90 Å². The topological polar surface area (TPSA) is 32.3 Å². The Kier molecular flexibility index (Phi) is 4.79. The van der Waals surface area contributed by atoms with Crippen LogP contribution in [0.2, 0.25) is 0 Å². The molecule has 1 aliphatic heterocycles. The molecule has 1 N–H and O–H groups in total. The van der Waals surface area contributed by atoms with E-state index in [1.165, 1.54) is 6.07 Å². The first-order valence-corrected chi connectivity index (χ1v) is 8.12. The van der Waals surface area contributed by atoms with Crippen molar-refractivity contribution in [2.45, 2.75) is 25.8 Å². The van der Waals surface area contributed by atoms with Crippen molar-refractivity contribution in [1.82, 2.24) is 5.32 Å². The van der Waals surface area contributed by atoms with Crippen molar-refractivity contribution in [3.8, 4) is 0 Å². The van der Waals surface area contributed by atoms with Gasteiger partial charge >= 0.3 is 0 Å². The van der Waals surface area contributed by atoms with Crippen molar-refractivity contribution in [1.29, 1.82) is 0 Å². The number of hydrogen-bond donors (Lipinski definition) is 1. The van der Waals surface area contributed by atoms with Gasteiger partial charge in [-0.1, -0.05) is 30.3 Å². The van der Waals surface area contributed by atoms with Crippen molar-refractivity contribution in [3.63, 3.8) is 0 Å². The summed E-state index contributed by atoms with van der Waals surface area (Å²) in [5.74, 6) is -1.35. The minimum Gasteiger partial charge on any atom is -0.360 e. The van der Waals surface area contributed by atoms with Crippen LogP contribution in [-0.2, 0) is 11.2 Å². The smallest absolute Gasteiger partial charge is 0.239 e. The Morgan fingerprint density at radius 2 is 2.00 bits per heavy atom. The lowest BCUT2D eigenvalue weighted by Crippen LogP contribution is -2.41. The molecule has 126 valence electrons. The van der Waals surface area contributed by atoms with Gasteiger partial charge in [0, 0.05) is 12.6 Å². The average molecular weight is 330 g/mol. The summed E-state index contributed by atoms with van der Waals surface area (Å²) in [6.07, 6.45) is 1.40. The molecular formula is C19H20F2N2O. The third-order valence-corrected chi connectivity index (χ3v) is 4.31. The SMILES string of the molecule is C[C@H](NC(=O)CN1CCCc2cc(F)cc(F)c21)c1ccccc1. The lowest BCUT2D eigenvalue weighted by molar-refractivity contribution is -0.120. The largest absolute Gasteiger partial charge is 0.360 e. The van der Waals surface area contributed by atoms with E-state index in [9.17, 15) is 13.6 Å². The van der Waals surface area contributed by atoms with Crippen molar-refractivity contribution in [2.75, 3.05) is 18.0 Å². The molecule has 0 aliphatic carbocycles. The molecule has 1 heterocycles. The molecule has 3 nitrogen and oxygen atoms in total. The fourth-order valence-corrected chi connectivity index (χ4v) is 3.18. The zero-order chi connectivity index (χ0) is 17.1. The predicted molar refractivity (Wildman–Crippen MR) is 89.9 cm³/mol. The Morgan fingerprint density at radius 1 is 1.25 bits per heavy atom. The number of amides is 1. The summed E-state index contributed by atoms with van der Waals surface area (Å²) < 4.78 is 27.5. The number of rotatable bonds is 4. The van der Waals surface area contributed by atoms with E-state index >= 15 is 0 Å². The van der Waals surface area contributed by atoms with Gasteiger partial charge in [-0.15, -0.1) is 0 Å². The summed E-state index contributed by atoms with van der Waals surface area (Å²) >= 11 is 0. The van der Waals surface area contributed by atoms with Crippen molar-refractivity contribution in [2.24, 2.45) is 0 Å². The van der Waals surface area contributed by atoms with Crippen LogP contribution in [0.5, 0.6) is 0 Å². The molecule has 5 heteroatoms. The number of carbonyl (C=O) groups is 1. The van der Waals surface area contributed by atoms with E-state index in [0.717, 1.165) is 18.1 Å². The fraction of sp³-hybridized carbons (Fsp3) is 0.316. The van der Waals surface area contributed by atoms with E-state index in [2.05, 4.69) is 5.32 Å². The van der Waals surface area contributed by atoms with E-state index in [-0.39, 0.29) is 18.5 Å². The lowest BCUT2D eigenvalue weighted by Gasteiger charge is -2.31. The van der Waals surface area contributed by atoms with Crippen LogP contribution >= 0.6 is 0 Å². The summed E-state index contributed by atoms with van der Waals surface area (Å²) in [6, 6.07) is 11.8. The number of nitrogens with one attached hydrogen (secondary N) is 1. The van der Waals surface area contributed by atoms with Gasteiger partial charge in [-0.2, -0.15) is 0 Å². The number of carbonyl (C=O) groups excluding carboxylic acids is 1. The first-order chi connectivity index (χ1) is 11.5. The van der Waals surface area contributed by atoms with E-state index in [0.29, 0.717) is 24.2 Å². The molecule has 0 unspecified atom stereocenters. The molecule has 1 atom stereocenters. The zero-order valence-electron chi connectivity index (χ0n) is 13.6. The highest BCUT2D eigenvalue weighted by atomic mass is 19.1. The minimum atomic E-state index is -0.603. The van der Waals surface area contributed by atoms with E-state index < -0.39 is 11.6 Å². The second-order valence-electron chi connectivity index (χ2n) is 6.12. The molecule has 0 fully saturated rings. The van der Waals surface area contributed by atoms with Gasteiger partial charge in [0.2, 0.25) is 5.91 Å². The van der Waals surface area contributed by atoms with Gasteiger partial charge in [-0.05, 0) is 37.0 Å². The molecule has 3 rings (SSSR count). The van der Waals surface area contributed by atoms with Crippen LogP contribution in [0.1, 0.15) is 30.5 Å². The van der Waals surface area contributed by atoms with Gasteiger partial charge in [0.05, 0.1) is 18.3 Å². The summed E-state index contributed by atoms with van der Waals surface area (Å²) in [5.41, 5.74) is 1.99. The molecule has 0 radical (unpaired) electrons. The minimum absolute atomic E-state index is 0.0622. The lowest BCUT2D eigenvalue weighted by atomic mass is 10.0. The van der Waals surface area contributed by atoms with Crippen LogP contribution < -0.4 is 10.2 Å². The standard InChI is InChI=1S/C19H20F2N2O/c1-13(14-6-3-2-4-7-14)22-18(24)12-23-9-5-8-15-10-16(20)11-17(21)19(15)23/h2-4,6-7,10-11,13H,5,8-9,12H2,1H3,(H,22,24)/t13-/m0/s1. The second kappa shape index (κ2) is 6.99. The van der Waals surface area contributed by atoms with Gasteiger partial charge in [0.1, 0.15) is 11.6 Å². The average Bonchev–Trinajstić information content (AvgIpc) is 2.55. The first kappa shape index (κ1) is 16.4. The van der Waals surface area contributed by atoms with E-state index in [4.69, 9.17) is 0 Å². The van der Waals surface area contributed by atoms with Gasteiger partial charge in [-0.3, -0.25) is 4.79 Å². The van der Waals surface area contributed by atoms with Gasteiger partial charge < -0.3 is 10.2 Å². The third-order valence-electron chi connectivity index (χ3n) is 4.31. The predicted octanol–water partition coefficient (Wildman–Crippen LogP) is 3.59. The highest BCUT2D eigenvalue weighted by Crippen LogP contribution is 2.30. The maximum atomic E-state index is 14.1. The van der Waals surface area contributed by atoms with Gasteiger partial charge in [0.15, 0.2) is 0 Å². The molecule has 1 aliphatic rings. The number of anilines is 1. The van der Waals surface area contributed by atoms with Crippen LogP contribution in [0.25, 0.3) is 0 Å². The molecule has 0 saturated carbocycles.